The van der Waals surface area contributed by atoms with Gasteiger partial charge in [-0.1, -0.05) is 34.9 Å². The summed E-state index contributed by atoms with van der Waals surface area (Å²) in [6.07, 6.45) is 2.16. The number of allylic oxidation sites excluding steroid dienone is 2. The van der Waals surface area contributed by atoms with Crippen LogP contribution in [0.15, 0.2) is 72.3 Å². The number of anilines is 2. The third-order valence-electron chi connectivity index (χ3n) is 10.3. The lowest BCUT2D eigenvalue weighted by atomic mass is 9.51. The lowest BCUT2D eigenvalue weighted by molar-refractivity contribution is -0.131. The van der Waals surface area contributed by atoms with Gasteiger partial charge in [0.2, 0.25) is 23.6 Å². The fraction of sp³-hybridized carbons (Fsp3) is 0.286. The van der Waals surface area contributed by atoms with Crippen LogP contribution in [0.1, 0.15) is 48.5 Å². The van der Waals surface area contributed by atoms with Gasteiger partial charge in [0, 0.05) is 22.1 Å². The lowest BCUT2D eigenvalue weighted by Crippen LogP contribution is -2.48. The maximum Gasteiger partial charge on any atom is 0.241 e. The average Bonchev–Trinajstić information content (AvgIpc) is 3.39. The summed E-state index contributed by atoms with van der Waals surface area (Å²) in [4.78, 5) is 70.6. The first-order valence-electron chi connectivity index (χ1n) is 14.8. The van der Waals surface area contributed by atoms with Gasteiger partial charge in [-0.3, -0.25) is 28.9 Å². The molecule has 3 fully saturated rings. The predicted molar refractivity (Wildman–Crippen MR) is 168 cm³/mol. The van der Waals surface area contributed by atoms with E-state index in [1.54, 1.807) is 37.3 Å². The third-order valence-corrected chi connectivity index (χ3v) is 10.8. The SMILES string of the molecule is CC(=O)c1ccc(N2C(=O)[C@H]3[C@H](CC=C4[C@H]3C[C@H]3C(=O)N(c5ccc(F)c(Cl)c5)C(=O)[C@@]3(C)[C@H]4c3cc(Cl)ccc3O)C2=O)cc1. The molecule has 2 heterocycles. The normalized spacial score (nSPS) is 28.6. The number of hydrogen-bond donors (Lipinski definition) is 1. The van der Waals surface area contributed by atoms with Gasteiger partial charge in [0.25, 0.3) is 0 Å². The highest BCUT2D eigenvalue weighted by Crippen LogP contribution is 2.64. The fourth-order valence-electron chi connectivity index (χ4n) is 8.09. The summed E-state index contributed by atoms with van der Waals surface area (Å²) in [5, 5.41) is 11.2. The van der Waals surface area contributed by atoms with Crippen LogP contribution in [0.25, 0.3) is 0 Å². The number of carbonyl (C=O) groups excluding carboxylic acids is 5. The van der Waals surface area contributed by atoms with E-state index in [-0.39, 0.29) is 41.0 Å². The van der Waals surface area contributed by atoms with Crippen molar-refractivity contribution in [2.45, 2.75) is 32.6 Å². The standard InChI is InChI=1S/C35H27Cl2FN2O6/c1-16(41)17-3-6-19(7-4-17)39-31(43)22-10-9-21-23(29(22)33(39)45)15-25-32(44)40(20-8-11-27(38)26(37)14-20)34(46)35(25,2)30(21)24-13-18(36)5-12-28(24)42/h3-9,11-14,22-23,25,29-30,42H,10,15H2,1-2H3/t22-,23+,25-,29-,30+,35+/m0/s1. The molecule has 3 aromatic carbocycles. The van der Waals surface area contributed by atoms with Crippen LogP contribution < -0.4 is 9.80 Å². The van der Waals surface area contributed by atoms with E-state index in [9.17, 15) is 33.5 Å². The van der Waals surface area contributed by atoms with Crippen LogP contribution >= 0.6 is 23.2 Å². The lowest BCUT2D eigenvalue weighted by Gasteiger charge is -2.49. The molecular formula is C35H27Cl2FN2O6. The van der Waals surface area contributed by atoms with E-state index in [1.807, 2.05) is 6.08 Å². The van der Waals surface area contributed by atoms with Gasteiger partial charge in [-0.25, -0.2) is 9.29 Å². The maximum atomic E-state index is 14.5. The Morgan fingerprint density at radius 2 is 1.59 bits per heavy atom. The summed E-state index contributed by atoms with van der Waals surface area (Å²) in [7, 11) is 0. The number of halogens is 3. The Hall–Kier alpha value is -4.34. The summed E-state index contributed by atoms with van der Waals surface area (Å²) in [6, 6.07) is 14.3. The van der Waals surface area contributed by atoms with Gasteiger partial charge in [0.15, 0.2) is 5.78 Å². The Morgan fingerprint density at radius 3 is 2.26 bits per heavy atom. The first kappa shape index (κ1) is 30.3. The molecule has 0 radical (unpaired) electrons. The van der Waals surface area contributed by atoms with Gasteiger partial charge in [0.1, 0.15) is 11.6 Å². The molecule has 7 rings (SSSR count). The summed E-state index contributed by atoms with van der Waals surface area (Å²) in [6.45, 7) is 3.09. The molecule has 2 saturated heterocycles. The summed E-state index contributed by atoms with van der Waals surface area (Å²) < 4.78 is 14.1. The number of aromatic hydroxyl groups is 1. The molecule has 0 unspecified atom stereocenters. The fourth-order valence-corrected chi connectivity index (χ4v) is 8.44. The van der Waals surface area contributed by atoms with E-state index in [0.717, 1.165) is 15.9 Å². The number of rotatable bonds is 4. The van der Waals surface area contributed by atoms with Gasteiger partial charge in [0.05, 0.1) is 39.6 Å². The molecule has 4 amide bonds. The van der Waals surface area contributed by atoms with Crippen molar-refractivity contribution in [3.8, 4) is 5.75 Å². The molecule has 8 nitrogen and oxygen atoms in total. The van der Waals surface area contributed by atoms with Crippen LogP contribution in [-0.2, 0) is 19.2 Å². The molecule has 0 spiro atoms. The van der Waals surface area contributed by atoms with Crippen molar-refractivity contribution in [3.05, 3.63) is 99.3 Å². The minimum Gasteiger partial charge on any atom is -0.508 e. The maximum absolute atomic E-state index is 14.5. The van der Waals surface area contributed by atoms with Crippen molar-refractivity contribution in [2.75, 3.05) is 9.80 Å². The van der Waals surface area contributed by atoms with Gasteiger partial charge in [-0.2, -0.15) is 0 Å². The van der Waals surface area contributed by atoms with Crippen molar-refractivity contribution in [1.82, 2.24) is 0 Å². The minimum absolute atomic E-state index is 0.0907. The van der Waals surface area contributed by atoms with E-state index >= 15 is 0 Å². The number of amides is 4. The number of phenols is 1. The molecule has 234 valence electrons. The molecule has 2 aliphatic heterocycles. The molecule has 46 heavy (non-hydrogen) atoms. The van der Waals surface area contributed by atoms with Crippen LogP contribution in [0, 0.1) is 34.9 Å². The molecule has 6 atom stereocenters. The Kier molecular flexibility index (Phi) is 6.99. The zero-order chi connectivity index (χ0) is 32.8. The monoisotopic (exact) mass is 660 g/mol. The second kappa shape index (κ2) is 10.6. The van der Waals surface area contributed by atoms with Crippen LogP contribution in [-0.4, -0.2) is 34.5 Å². The number of imide groups is 2. The topological polar surface area (TPSA) is 112 Å². The quantitative estimate of drug-likeness (QED) is 0.195. The molecule has 1 saturated carbocycles. The summed E-state index contributed by atoms with van der Waals surface area (Å²) in [5.74, 6) is -6.90. The molecule has 11 heteroatoms. The summed E-state index contributed by atoms with van der Waals surface area (Å²) in [5.41, 5.74) is 0.454. The molecule has 1 N–H and O–H groups in total. The predicted octanol–water partition coefficient (Wildman–Crippen LogP) is 6.48. The number of benzene rings is 3. The molecule has 0 aromatic heterocycles. The van der Waals surface area contributed by atoms with Crippen molar-refractivity contribution in [1.29, 1.82) is 0 Å². The number of hydrogen-bond acceptors (Lipinski definition) is 6. The Morgan fingerprint density at radius 1 is 0.891 bits per heavy atom. The van der Waals surface area contributed by atoms with Crippen molar-refractivity contribution in [2.24, 2.45) is 29.1 Å². The van der Waals surface area contributed by atoms with Gasteiger partial charge < -0.3 is 5.11 Å². The van der Waals surface area contributed by atoms with Crippen LogP contribution in [0.3, 0.4) is 0 Å². The van der Waals surface area contributed by atoms with E-state index < -0.39 is 58.5 Å². The van der Waals surface area contributed by atoms with E-state index in [0.29, 0.717) is 27.4 Å². The van der Waals surface area contributed by atoms with Crippen molar-refractivity contribution >= 4 is 64.0 Å². The minimum atomic E-state index is -1.43. The smallest absolute Gasteiger partial charge is 0.241 e. The van der Waals surface area contributed by atoms with Gasteiger partial charge >= 0.3 is 0 Å². The number of carbonyl (C=O) groups is 5. The largest absolute Gasteiger partial charge is 0.508 e. The first-order valence-corrected chi connectivity index (χ1v) is 15.6. The number of phenolic OH excluding ortho intramolecular Hbond substituents is 1. The van der Waals surface area contributed by atoms with Crippen LogP contribution in [0.5, 0.6) is 5.75 Å². The van der Waals surface area contributed by atoms with Gasteiger partial charge in [-0.05, 0) is 93.3 Å². The number of ketones is 1. The van der Waals surface area contributed by atoms with E-state index in [2.05, 4.69) is 0 Å². The number of fused-ring (bicyclic) bond motifs is 4. The Bertz CT molecular complexity index is 1930. The zero-order valence-electron chi connectivity index (χ0n) is 24.7. The van der Waals surface area contributed by atoms with Crippen LogP contribution in [0.2, 0.25) is 10.0 Å². The molecule has 4 aliphatic rings. The molecule has 3 aromatic rings. The highest BCUT2D eigenvalue weighted by atomic mass is 35.5. The molecule has 0 bridgehead atoms. The second-order valence-electron chi connectivity index (χ2n) is 12.6. The second-order valence-corrected chi connectivity index (χ2v) is 13.4. The number of Topliss-reactive ketones (excluding diaryl/α,β-unsaturated/α-hetero) is 1. The zero-order valence-corrected chi connectivity index (χ0v) is 26.2. The highest BCUT2D eigenvalue weighted by molar-refractivity contribution is 6.32. The Labute approximate surface area is 273 Å². The third kappa shape index (κ3) is 4.21. The molecular weight excluding hydrogens is 634 g/mol. The van der Waals surface area contributed by atoms with Crippen molar-refractivity contribution < 1.29 is 33.5 Å². The van der Waals surface area contributed by atoms with Crippen LogP contribution in [0.4, 0.5) is 15.8 Å². The first-order chi connectivity index (χ1) is 21.8. The molecule has 2 aliphatic carbocycles. The van der Waals surface area contributed by atoms with E-state index in [1.165, 1.54) is 31.2 Å². The number of nitrogens with zero attached hydrogens (tertiary/aromatic N) is 2. The van der Waals surface area contributed by atoms with E-state index in [4.69, 9.17) is 23.2 Å². The Balaban J connectivity index is 1.36. The summed E-state index contributed by atoms with van der Waals surface area (Å²) >= 11 is 12.4. The van der Waals surface area contributed by atoms with Crippen molar-refractivity contribution in [3.63, 3.8) is 0 Å². The highest BCUT2D eigenvalue weighted by Gasteiger charge is 2.68. The average molecular weight is 662 g/mol. The van der Waals surface area contributed by atoms with Gasteiger partial charge in [-0.15, -0.1) is 0 Å².